The van der Waals surface area contributed by atoms with E-state index in [9.17, 15) is 9.59 Å². The van der Waals surface area contributed by atoms with Crippen molar-refractivity contribution in [2.45, 2.75) is 31.8 Å². The Morgan fingerprint density at radius 1 is 1.44 bits per heavy atom. The molecule has 0 saturated carbocycles. The van der Waals surface area contributed by atoms with Crippen LogP contribution in [0.5, 0.6) is 0 Å². The standard InChI is InChI=1S/C10H15N3O2S/c14-9-8(3-1-2-4-11-9)12-5-7-6-16-10(15)13-7/h6,8,12H,1-5H2,(H,11,14)(H,13,15). The summed E-state index contributed by atoms with van der Waals surface area (Å²) in [5, 5.41) is 7.81. The Hall–Kier alpha value is -1.14. The maximum Gasteiger partial charge on any atom is 0.304 e. The number of hydrogen-bond acceptors (Lipinski definition) is 4. The maximum absolute atomic E-state index is 11.6. The maximum atomic E-state index is 11.6. The monoisotopic (exact) mass is 241 g/mol. The van der Waals surface area contributed by atoms with Crippen molar-refractivity contribution < 1.29 is 4.79 Å². The SMILES string of the molecule is O=C1NCCCCC1NCc1csc(=O)[nH]1. The molecule has 1 fully saturated rings. The predicted molar refractivity (Wildman–Crippen MR) is 62.4 cm³/mol. The van der Waals surface area contributed by atoms with Crippen LogP contribution in [0.15, 0.2) is 10.2 Å². The Kier molecular flexibility index (Phi) is 3.74. The van der Waals surface area contributed by atoms with E-state index in [2.05, 4.69) is 15.6 Å². The first-order chi connectivity index (χ1) is 7.75. The second-order valence-electron chi connectivity index (χ2n) is 3.89. The Labute approximate surface area is 97.3 Å². The molecule has 88 valence electrons. The van der Waals surface area contributed by atoms with Crippen LogP contribution in [0, 0.1) is 0 Å². The van der Waals surface area contributed by atoms with Gasteiger partial charge in [0.2, 0.25) is 5.91 Å². The van der Waals surface area contributed by atoms with Gasteiger partial charge in [0.05, 0.1) is 6.04 Å². The molecule has 5 nitrogen and oxygen atoms in total. The zero-order valence-corrected chi connectivity index (χ0v) is 9.73. The molecule has 1 aromatic rings. The number of carbonyl (C=O) groups is 1. The topological polar surface area (TPSA) is 74.0 Å². The van der Waals surface area contributed by atoms with Crippen LogP contribution in [0.3, 0.4) is 0 Å². The van der Waals surface area contributed by atoms with Crippen molar-refractivity contribution in [3.63, 3.8) is 0 Å². The molecule has 0 aromatic carbocycles. The van der Waals surface area contributed by atoms with Gasteiger partial charge in [-0.2, -0.15) is 0 Å². The number of aromatic nitrogens is 1. The van der Waals surface area contributed by atoms with E-state index in [0.29, 0.717) is 6.54 Å². The summed E-state index contributed by atoms with van der Waals surface area (Å²) in [4.78, 5) is 25.2. The van der Waals surface area contributed by atoms with E-state index >= 15 is 0 Å². The summed E-state index contributed by atoms with van der Waals surface area (Å²) in [7, 11) is 0. The number of rotatable bonds is 3. The van der Waals surface area contributed by atoms with Crippen LogP contribution in [0.1, 0.15) is 25.0 Å². The van der Waals surface area contributed by atoms with Crippen molar-refractivity contribution in [2.24, 2.45) is 0 Å². The van der Waals surface area contributed by atoms with Gasteiger partial charge in [0, 0.05) is 24.2 Å². The van der Waals surface area contributed by atoms with E-state index in [1.165, 1.54) is 0 Å². The number of thiazole rings is 1. The van der Waals surface area contributed by atoms with Crippen LogP contribution < -0.4 is 15.5 Å². The fraction of sp³-hybridized carbons (Fsp3) is 0.600. The third kappa shape index (κ3) is 2.93. The first-order valence-electron chi connectivity index (χ1n) is 5.43. The van der Waals surface area contributed by atoms with E-state index in [-0.39, 0.29) is 16.8 Å². The zero-order valence-electron chi connectivity index (χ0n) is 8.91. The Morgan fingerprint density at radius 3 is 3.06 bits per heavy atom. The molecule has 16 heavy (non-hydrogen) atoms. The molecule has 3 N–H and O–H groups in total. The Balaban J connectivity index is 1.88. The van der Waals surface area contributed by atoms with Crippen LogP contribution in [-0.2, 0) is 11.3 Å². The Morgan fingerprint density at radius 2 is 2.31 bits per heavy atom. The lowest BCUT2D eigenvalue weighted by Crippen LogP contribution is -2.42. The van der Waals surface area contributed by atoms with Gasteiger partial charge in [-0.05, 0) is 19.3 Å². The summed E-state index contributed by atoms with van der Waals surface area (Å²) in [5.74, 6) is 0.0649. The lowest BCUT2D eigenvalue weighted by molar-refractivity contribution is -0.122. The van der Waals surface area contributed by atoms with Crippen molar-refractivity contribution in [1.29, 1.82) is 0 Å². The molecule has 1 aromatic heterocycles. The van der Waals surface area contributed by atoms with Gasteiger partial charge in [0.1, 0.15) is 0 Å². The summed E-state index contributed by atoms with van der Waals surface area (Å²) in [6, 6.07) is -0.133. The molecule has 2 rings (SSSR count). The lowest BCUT2D eigenvalue weighted by atomic mass is 10.1. The minimum Gasteiger partial charge on any atom is -0.355 e. The first kappa shape index (κ1) is 11.3. The third-order valence-corrected chi connectivity index (χ3v) is 3.36. The summed E-state index contributed by atoms with van der Waals surface area (Å²) in [6.45, 7) is 1.31. The number of H-pyrrole nitrogens is 1. The molecule has 1 saturated heterocycles. The molecule has 1 atom stereocenters. The zero-order chi connectivity index (χ0) is 11.4. The third-order valence-electron chi connectivity index (χ3n) is 2.65. The lowest BCUT2D eigenvalue weighted by Gasteiger charge is -2.14. The molecule has 1 aliphatic heterocycles. The van der Waals surface area contributed by atoms with Crippen molar-refractivity contribution >= 4 is 17.2 Å². The number of nitrogens with one attached hydrogen (secondary N) is 3. The Bertz CT molecular complexity index is 412. The molecule has 0 aliphatic carbocycles. The number of hydrogen-bond donors (Lipinski definition) is 3. The molecule has 0 spiro atoms. The van der Waals surface area contributed by atoms with Crippen LogP contribution in [0.4, 0.5) is 0 Å². The second kappa shape index (κ2) is 5.27. The predicted octanol–water partition coefficient (Wildman–Crippen LogP) is 0.195. The quantitative estimate of drug-likeness (QED) is 0.707. The summed E-state index contributed by atoms with van der Waals surface area (Å²) in [6.07, 6.45) is 2.95. The van der Waals surface area contributed by atoms with E-state index in [1.807, 2.05) is 0 Å². The molecule has 1 unspecified atom stereocenters. The molecule has 1 amide bonds. The average Bonchev–Trinajstić information content (AvgIpc) is 2.56. The summed E-state index contributed by atoms with van der Waals surface area (Å²) >= 11 is 1.14. The van der Waals surface area contributed by atoms with Gasteiger partial charge in [-0.1, -0.05) is 11.3 Å². The summed E-state index contributed by atoms with van der Waals surface area (Å²) < 4.78 is 0. The molecular formula is C10H15N3O2S. The largest absolute Gasteiger partial charge is 0.355 e. The smallest absolute Gasteiger partial charge is 0.304 e. The summed E-state index contributed by atoms with van der Waals surface area (Å²) in [5.41, 5.74) is 0.840. The first-order valence-corrected chi connectivity index (χ1v) is 6.31. The average molecular weight is 241 g/mol. The molecule has 6 heteroatoms. The van der Waals surface area contributed by atoms with E-state index < -0.39 is 0 Å². The van der Waals surface area contributed by atoms with E-state index in [1.54, 1.807) is 5.38 Å². The molecule has 0 bridgehead atoms. The number of aromatic amines is 1. The fourth-order valence-electron chi connectivity index (χ4n) is 1.77. The van der Waals surface area contributed by atoms with Gasteiger partial charge >= 0.3 is 4.87 Å². The molecular weight excluding hydrogens is 226 g/mol. The van der Waals surface area contributed by atoms with Crippen molar-refractivity contribution in [3.8, 4) is 0 Å². The second-order valence-corrected chi connectivity index (χ2v) is 4.74. The number of carbonyl (C=O) groups excluding carboxylic acids is 1. The van der Waals surface area contributed by atoms with Crippen molar-refractivity contribution in [1.82, 2.24) is 15.6 Å². The molecule has 0 radical (unpaired) electrons. The van der Waals surface area contributed by atoms with Gasteiger partial charge < -0.3 is 15.6 Å². The molecule has 2 heterocycles. The minimum atomic E-state index is -0.133. The highest BCUT2D eigenvalue weighted by Crippen LogP contribution is 2.06. The van der Waals surface area contributed by atoms with Gasteiger partial charge in [0.15, 0.2) is 0 Å². The van der Waals surface area contributed by atoms with Gasteiger partial charge in [-0.15, -0.1) is 0 Å². The molecule has 1 aliphatic rings. The highest BCUT2D eigenvalue weighted by Gasteiger charge is 2.19. The fourth-order valence-corrected chi connectivity index (χ4v) is 2.35. The van der Waals surface area contributed by atoms with Crippen LogP contribution in [0.25, 0.3) is 0 Å². The number of amides is 1. The normalized spacial score (nSPS) is 21.5. The van der Waals surface area contributed by atoms with Crippen molar-refractivity contribution in [3.05, 3.63) is 20.7 Å². The highest BCUT2D eigenvalue weighted by atomic mass is 32.1. The van der Waals surface area contributed by atoms with Crippen LogP contribution in [-0.4, -0.2) is 23.5 Å². The van der Waals surface area contributed by atoms with E-state index in [4.69, 9.17) is 0 Å². The highest BCUT2D eigenvalue weighted by molar-refractivity contribution is 7.07. The van der Waals surface area contributed by atoms with Gasteiger partial charge in [-0.3, -0.25) is 9.59 Å². The van der Waals surface area contributed by atoms with Crippen LogP contribution >= 0.6 is 11.3 Å². The van der Waals surface area contributed by atoms with Crippen LogP contribution in [0.2, 0.25) is 0 Å². The minimum absolute atomic E-state index is 0.0536. The van der Waals surface area contributed by atoms with Gasteiger partial charge in [0.25, 0.3) is 0 Å². The van der Waals surface area contributed by atoms with E-state index in [0.717, 1.165) is 42.8 Å². The van der Waals surface area contributed by atoms with Gasteiger partial charge in [-0.25, -0.2) is 0 Å². The van der Waals surface area contributed by atoms with Crippen molar-refractivity contribution in [2.75, 3.05) is 6.54 Å².